The molecule has 2 aromatic carbocycles. The monoisotopic (exact) mass is 388 g/mol. The van der Waals surface area contributed by atoms with Gasteiger partial charge in [-0.05, 0) is 29.7 Å². The molecule has 2 amide bonds. The molecule has 4 rings (SSSR count). The number of amides is 2. The van der Waals surface area contributed by atoms with E-state index in [0.717, 1.165) is 22.4 Å². The van der Waals surface area contributed by atoms with E-state index in [9.17, 15) is 9.59 Å². The number of likely N-dealkylation sites (tertiary alicyclic amines) is 1. The predicted octanol–water partition coefficient (Wildman–Crippen LogP) is 3.05. The van der Waals surface area contributed by atoms with Crippen molar-refractivity contribution in [3.63, 3.8) is 0 Å². The number of aryl methyl sites for hydroxylation is 1. The molecule has 6 nitrogen and oxygen atoms in total. The van der Waals surface area contributed by atoms with Crippen molar-refractivity contribution < 1.29 is 9.59 Å². The molecule has 3 aromatic rings. The van der Waals surface area contributed by atoms with E-state index in [-0.39, 0.29) is 24.2 Å². The number of hydrogen-bond acceptors (Lipinski definition) is 3. The van der Waals surface area contributed by atoms with Crippen LogP contribution < -0.4 is 5.32 Å². The minimum absolute atomic E-state index is 0.0367. The van der Waals surface area contributed by atoms with Gasteiger partial charge in [0.25, 0.3) is 0 Å². The van der Waals surface area contributed by atoms with Gasteiger partial charge in [0.1, 0.15) is 0 Å². The molecule has 0 bridgehead atoms. The Morgan fingerprint density at radius 3 is 2.52 bits per heavy atom. The molecule has 1 fully saturated rings. The van der Waals surface area contributed by atoms with Crippen LogP contribution in [0.1, 0.15) is 23.1 Å². The summed E-state index contributed by atoms with van der Waals surface area (Å²) in [5.41, 5.74) is 5.30. The lowest BCUT2D eigenvalue weighted by molar-refractivity contribution is -0.129. The molecule has 1 aromatic heterocycles. The number of nitrogens with zero attached hydrogens (tertiary/aromatic N) is 2. The fourth-order valence-electron chi connectivity index (χ4n) is 3.57. The van der Waals surface area contributed by atoms with E-state index < -0.39 is 0 Å². The fraction of sp³-hybridized carbons (Fsp3) is 0.261. The molecule has 1 aliphatic rings. The molecule has 0 unspecified atom stereocenters. The molecule has 1 atom stereocenters. The summed E-state index contributed by atoms with van der Waals surface area (Å²) in [6.45, 7) is 3.51. The highest BCUT2D eigenvalue weighted by atomic mass is 16.2. The second kappa shape index (κ2) is 8.31. The highest BCUT2D eigenvalue weighted by molar-refractivity contribution is 5.89. The largest absolute Gasteiger partial charge is 0.352 e. The van der Waals surface area contributed by atoms with Crippen LogP contribution in [0.5, 0.6) is 0 Å². The second-order valence-corrected chi connectivity index (χ2v) is 7.55. The Labute approximate surface area is 169 Å². The first-order valence-electron chi connectivity index (χ1n) is 9.78. The molecule has 0 spiro atoms. The number of hydrogen-bond donors (Lipinski definition) is 2. The molecule has 1 saturated heterocycles. The highest BCUT2D eigenvalue weighted by Crippen LogP contribution is 2.21. The average molecular weight is 388 g/mol. The predicted molar refractivity (Wildman–Crippen MR) is 111 cm³/mol. The van der Waals surface area contributed by atoms with Gasteiger partial charge in [-0.15, -0.1) is 0 Å². The van der Waals surface area contributed by atoms with E-state index in [1.165, 1.54) is 5.56 Å². The van der Waals surface area contributed by atoms with E-state index in [1.807, 2.05) is 61.5 Å². The lowest BCUT2D eigenvalue weighted by Gasteiger charge is -2.17. The van der Waals surface area contributed by atoms with E-state index in [0.29, 0.717) is 19.6 Å². The van der Waals surface area contributed by atoms with E-state index in [1.54, 1.807) is 11.1 Å². The Kier molecular flexibility index (Phi) is 5.42. The van der Waals surface area contributed by atoms with Gasteiger partial charge in [-0.2, -0.15) is 5.10 Å². The third-order valence-electron chi connectivity index (χ3n) is 5.31. The number of benzene rings is 2. The van der Waals surface area contributed by atoms with Crippen LogP contribution in [0.25, 0.3) is 11.3 Å². The minimum Gasteiger partial charge on any atom is -0.352 e. The molecular formula is C23H24N4O2. The number of carbonyl (C=O) groups is 2. The maximum atomic E-state index is 12.6. The van der Waals surface area contributed by atoms with E-state index >= 15 is 0 Å². The van der Waals surface area contributed by atoms with Crippen molar-refractivity contribution in [2.75, 3.05) is 6.54 Å². The van der Waals surface area contributed by atoms with Crippen molar-refractivity contribution in [2.45, 2.75) is 26.4 Å². The molecule has 0 radical (unpaired) electrons. The van der Waals surface area contributed by atoms with Crippen LogP contribution >= 0.6 is 0 Å². The molecule has 0 aliphatic carbocycles. The average Bonchev–Trinajstić information content (AvgIpc) is 3.39. The molecule has 0 saturated carbocycles. The molecule has 2 heterocycles. The van der Waals surface area contributed by atoms with Crippen LogP contribution in [0.15, 0.2) is 60.8 Å². The lowest BCUT2D eigenvalue weighted by Crippen LogP contribution is -2.32. The molecule has 1 aliphatic heterocycles. The molecule has 148 valence electrons. The van der Waals surface area contributed by atoms with Crippen molar-refractivity contribution in [2.24, 2.45) is 5.92 Å². The number of aromatic nitrogens is 2. The lowest BCUT2D eigenvalue weighted by atomic mass is 10.1. The topological polar surface area (TPSA) is 78.1 Å². The normalized spacial score (nSPS) is 16.2. The van der Waals surface area contributed by atoms with Crippen molar-refractivity contribution in [1.29, 1.82) is 0 Å². The standard InChI is InChI=1S/C23H24N4O2/c1-16-2-4-18(5-3-16)14-27-15-20(12-22(27)28)23(29)24-13-17-6-8-19(9-7-17)21-10-11-25-26-21/h2-11,20H,12-15H2,1H3,(H,24,29)(H,25,26)/t20-/m0/s1. The Bertz CT molecular complexity index is 979. The van der Waals surface area contributed by atoms with Crippen molar-refractivity contribution in [3.05, 3.63) is 77.5 Å². The van der Waals surface area contributed by atoms with Crippen molar-refractivity contribution >= 4 is 11.8 Å². The summed E-state index contributed by atoms with van der Waals surface area (Å²) in [6, 6.07) is 18.0. The molecule has 2 N–H and O–H groups in total. The summed E-state index contributed by atoms with van der Waals surface area (Å²) in [5, 5.41) is 9.86. The molecule has 6 heteroatoms. The second-order valence-electron chi connectivity index (χ2n) is 7.55. The summed E-state index contributed by atoms with van der Waals surface area (Å²) in [7, 11) is 0. The van der Waals surface area contributed by atoms with Crippen molar-refractivity contribution in [1.82, 2.24) is 20.4 Å². The van der Waals surface area contributed by atoms with Gasteiger partial charge in [0.2, 0.25) is 11.8 Å². The number of rotatable bonds is 6. The smallest absolute Gasteiger partial charge is 0.225 e. The molecule has 29 heavy (non-hydrogen) atoms. The SMILES string of the molecule is Cc1ccc(CN2C[C@@H](C(=O)NCc3ccc(-c4ccn[nH]4)cc3)CC2=O)cc1. The summed E-state index contributed by atoms with van der Waals surface area (Å²) in [6.07, 6.45) is 1.99. The zero-order valence-corrected chi connectivity index (χ0v) is 16.4. The maximum absolute atomic E-state index is 12.6. The van der Waals surface area contributed by atoms with Crippen LogP contribution in [0.2, 0.25) is 0 Å². The van der Waals surface area contributed by atoms with Gasteiger partial charge < -0.3 is 10.2 Å². The Balaban J connectivity index is 1.29. The third kappa shape index (κ3) is 4.54. The Morgan fingerprint density at radius 1 is 1.10 bits per heavy atom. The number of carbonyl (C=O) groups excluding carboxylic acids is 2. The summed E-state index contributed by atoms with van der Waals surface area (Å²) < 4.78 is 0. The van der Waals surface area contributed by atoms with Crippen LogP contribution in [0.3, 0.4) is 0 Å². The van der Waals surface area contributed by atoms with Crippen LogP contribution in [-0.2, 0) is 22.7 Å². The first kappa shape index (κ1) is 18.9. The Morgan fingerprint density at radius 2 is 1.83 bits per heavy atom. The number of H-pyrrole nitrogens is 1. The Hall–Kier alpha value is -3.41. The summed E-state index contributed by atoms with van der Waals surface area (Å²) in [5.74, 6) is -0.325. The van der Waals surface area contributed by atoms with Crippen LogP contribution in [-0.4, -0.2) is 33.5 Å². The van der Waals surface area contributed by atoms with Crippen molar-refractivity contribution in [3.8, 4) is 11.3 Å². The van der Waals surface area contributed by atoms with Crippen LogP contribution in [0, 0.1) is 12.8 Å². The van der Waals surface area contributed by atoms with E-state index in [2.05, 4.69) is 15.5 Å². The van der Waals surface area contributed by atoms with E-state index in [4.69, 9.17) is 0 Å². The van der Waals surface area contributed by atoms with Gasteiger partial charge in [-0.25, -0.2) is 0 Å². The summed E-state index contributed by atoms with van der Waals surface area (Å²) >= 11 is 0. The summed E-state index contributed by atoms with van der Waals surface area (Å²) in [4.78, 5) is 26.7. The first-order valence-corrected chi connectivity index (χ1v) is 9.78. The minimum atomic E-state index is -0.294. The molecular weight excluding hydrogens is 364 g/mol. The first-order chi connectivity index (χ1) is 14.1. The quantitative estimate of drug-likeness (QED) is 0.681. The maximum Gasteiger partial charge on any atom is 0.225 e. The third-order valence-corrected chi connectivity index (χ3v) is 5.31. The highest BCUT2D eigenvalue weighted by Gasteiger charge is 2.34. The number of aromatic amines is 1. The zero-order chi connectivity index (χ0) is 20.2. The van der Waals surface area contributed by atoms with Gasteiger partial charge in [0, 0.05) is 32.3 Å². The fourth-order valence-corrected chi connectivity index (χ4v) is 3.57. The van der Waals surface area contributed by atoms with Gasteiger partial charge in [0.05, 0.1) is 11.6 Å². The zero-order valence-electron chi connectivity index (χ0n) is 16.4. The van der Waals surface area contributed by atoms with Gasteiger partial charge >= 0.3 is 0 Å². The van der Waals surface area contributed by atoms with Gasteiger partial charge in [-0.1, -0.05) is 54.1 Å². The van der Waals surface area contributed by atoms with Gasteiger partial charge in [-0.3, -0.25) is 14.7 Å². The van der Waals surface area contributed by atoms with Gasteiger partial charge in [0.15, 0.2) is 0 Å². The van der Waals surface area contributed by atoms with Crippen LogP contribution in [0.4, 0.5) is 0 Å². The number of nitrogens with one attached hydrogen (secondary N) is 2.